The molecule has 2 atom stereocenters. The van der Waals surface area contributed by atoms with E-state index in [1.807, 2.05) is 13.1 Å². The van der Waals surface area contributed by atoms with Crippen LogP contribution in [-0.2, 0) is 7.05 Å². The molecule has 4 heteroatoms. The van der Waals surface area contributed by atoms with E-state index in [9.17, 15) is 5.11 Å². The monoisotopic (exact) mass is 209 g/mol. The van der Waals surface area contributed by atoms with Crippen LogP contribution >= 0.6 is 0 Å². The zero-order valence-electron chi connectivity index (χ0n) is 9.43. The van der Waals surface area contributed by atoms with Crippen molar-refractivity contribution >= 4 is 0 Å². The molecular weight excluding hydrogens is 190 g/mol. The molecule has 1 fully saturated rings. The molecule has 0 aromatic carbocycles. The number of hydrogen-bond donors (Lipinski definition) is 1. The van der Waals surface area contributed by atoms with Crippen LogP contribution in [0.25, 0.3) is 0 Å². The number of aliphatic hydroxyl groups excluding tert-OH is 1. The number of aliphatic hydroxyl groups is 1. The third kappa shape index (κ3) is 2.21. The molecule has 1 aliphatic rings. The predicted molar refractivity (Wildman–Crippen MR) is 58.4 cm³/mol. The summed E-state index contributed by atoms with van der Waals surface area (Å²) in [5.41, 5.74) is 0.926. The molecule has 4 nitrogen and oxygen atoms in total. The zero-order chi connectivity index (χ0) is 10.8. The zero-order valence-corrected chi connectivity index (χ0v) is 9.43. The highest BCUT2D eigenvalue weighted by atomic mass is 16.3. The lowest BCUT2D eigenvalue weighted by atomic mass is 9.91. The molecule has 1 N–H and O–H groups in total. The SMILES string of the molecule is CN1CCC[C@H]([C@H](O)c2ccnn2C)C1. The Balaban J connectivity index is 2.07. The Labute approximate surface area is 90.5 Å². The molecule has 2 heterocycles. The minimum absolute atomic E-state index is 0.346. The van der Waals surface area contributed by atoms with Gasteiger partial charge in [-0.3, -0.25) is 4.68 Å². The van der Waals surface area contributed by atoms with Crippen LogP contribution in [0.15, 0.2) is 12.3 Å². The molecule has 0 bridgehead atoms. The van der Waals surface area contributed by atoms with Gasteiger partial charge in [0, 0.05) is 25.7 Å². The van der Waals surface area contributed by atoms with E-state index < -0.39 is 0 Å². The van der Waals surface area contributed by atoms with E-state index in [4.69, 9.17) is 0 Å². The van der Waals surface area contributed by atoms with Crippen molar-refractivity contribution in [2.24, 2.45) is 13.0 Å². The lowest BCUT2D eigenvalue weighted by Gasteiger charge is -2.32. The van der Waals surface area contributed by atoms with Gasteiger partial charge in [0.2, 0.25) is 0 Å². The molecule has 0 unspecified atom stereocenters. The van der Waals surface area contributed by atoms with E-state index in [-0.39, 0.29) is 6.10 Å². The van der Waals surface area contributed by atoms with E-state index >= 15 is 0 Å². The van der Waals surface area contributed by atoms with E-state index in [0.29, 0.717) is 5.92 Å². The summed E-state index contributed by atoms with van der Waals surface area (Å²) in [5, 5.41) is 14.3. The maximum atomic E-state index is 10.2. The van der Waals surface area contributed by atoms with Crippen LogP contribution in [0.2, 0.25) is 0 Å². The normalized spacial score (nSPS) is 25.4. The van der Waals surface area contributed by atoms with Crippen molar-refractivity contribution < 1.29 is 5.11 Å². The van der Waals surface area contributed by atoms with Crippen molar-refractivity contribution in [3.63, 3.8) is 0 Å². The third-order valence-corrected chi connectivity index (χ3v) is 3.27. The molecular formula is C11H19N3O. The molecule has 0 saturated carbocycles. The number of likely N-dealkylation sites (tertiary alicyclic amines) is 1. The molecule has 1 aromatic rings. The summed E-state index contributed by atoms with van der Waals surface area (Å²) >= 11 is 0. The van der Waals surface area contributed by atoms with Gasteiger partial charge >= 0.3 is 0 Å². The van der Waals surface area contributed by atoms with E-state index in [2.05, 4.69) is 17.0 Å². The largest absolute Gasteiger partial charge is 0.386 e. The lowest BCUT2D eigenvalue weighted by Crippen LogP contribution is -2.35. The molecule has 0 spiro atoms. The van der Waals surface area contributed by atoms with Crippen molar-refractivity contribution in [1.29, 1.82) is 0 Å². The van der Waals surface area contributed by atoms with E-state index in [1.165, 1.54) is 6.42 Å². The number of nitrogens with zero attached hydrogens (tertiary/aromatic N) is 3. The average Bonchev–Trinajstić information content (AvgIpc) is 2.63. The van der Waals surface area contributed by atoms with Gasteiger partial charge in [0.15, 0.2) is 0 Å². The van der Waals surface area contributed by atoms with Gasteiger partial charge in [-0.05, 0) is 32.5 Å². The first kappa shape index (κ1) is 10.6. The molecule has 0 radical (unpaired) electrons. The summed E-state index contributed by atoms with van der Waals surface area (Å²) in [6.07, 6.45) is 3.65. The first-order valence-corrected chi connectivity index (χ1v) is 5.53. The van der Waals surface area contributed by atoms with E-state index in [0.717, 1.165) is 25.2 Å². The fourth-order valence-electron chi connectivity index (χ4n) is 2.38. The summed E-state index contributed by atoms with van der Waals surface area (Å²) in [4.78, 5) is 2.29. The molecule has 84 valence electrons. The number of hydrogen-bond acceptors (Lipinski definition) is 3. The van der Waals surface area contributed by atoms with Crippen LogP contribution in [0.4, 0.5) is 0 Å². The van der Waals surface area contributed by atoms with Crippen LogP contribution in [0, 0.1) is 5.92 Å². The predicted octanol–water partition coefficient (Wildman–Crippen LogP) is 0.795. The highest BCUT2D eigenvalue weighted by molar-refractivity contribution is 5.06. The van der Waals surface area contributed by atoms with Gasteiger partial charge in [-0.1, -0.05) is 0 Å². The summed E-state index contributed by atoms with van der Waals surface area (Å²) in [5.74, 6) is 0.346. The van der Waals surface area contributed by atoms with Gasteiger partial charge in [-0.2, -0.15) is 5.10 Å². The van der Waals surface area contributed by atoms with Gasteiger partial charge in [0.1, 0.15) is 0 Å². The van der Waals surface area contributed by atoms with Crippen molar-refractivity contribution in [2.45, 2.75) is 18.9 Å². The fraction of sp³-hybridized carbons (Fsp3) is 0.727. The second kappa shape index (κ2) is 4.33. The van der Waals surface area contributed by atoms with Crippen LogP contribution in [0.5, 0.6) is 0 Å². The summed E-state index contributed by atoms with van der Waals surface area (Å²) in [6, 6.07) is 1.90. The Morgan fingerprint density at radius 2 is 2.33 bits per heavy atom. The molecule has 1 saturated heterocycles. The molecule has 0 aliphatic carbocycles. The molecule has 15 heavy (non-hydrogen) atoms. The van der Waals surface area contributed by atoms with Gasteiger partial charge in [-0.25, -0.2) is 0 Å². The Kier molecular flexibility index (Phi) is 3.07. The maximum absolute atomic E-state index is 10.2. The first-order chi connectivity index (χ1) is 7.18. The topological polar surface area (TPSA) is 41.3 Å². The molecule has 1 aromatic heterocycles. The molecule has 2 rings (SSSR count). The minimum Gasteiger partial charge on any atom is -0.386 e. The average molecular weight is 209 g/mol. The highest BCUT2D eigenvalue weighted by Gasteiger charge is 2.26. The van der Waals surface area contributed by atoms with Crippen molar-refractivity contribution in [3.8, 4) is 0 Å². The second-order valence-electron chi connectivity index (χ2n) is 4.49. The van der Waals surface area contributed by atoms with Crippen molar-refractivity contribution in [3.05, 3.63) is 18.0 Å². The Morgan fingerprint density at radius 1 is 1.53 bits per heavy atom. The van der Waals surface area contributed by atoms with Crippen LogP contribution in [-0.4, -0.2) is 39.9 Å². The van der Waals surface area contributed by atoms with Crippen molar-refractivity contribution in [1.82, 2.24) is 14.7 Å². The van der Waals surface area contributed by atoms with Crippen LogP contribution in [0.3, 0.4) is 0 Å². The van der Waals surface area contributed by atoms with E-state index in [1.54, 1.807) is 10.9 Å². The van der Waals surface area contributed by atoms with Crippen LogP contribution < -0.4 is 0 Å². The third-order valence-electron chi connectivity index (χ3n) is 3.27. The highest BCUT2D eigenvalue weighted by Crippen LogP contribution is 2.28. The Morgan fingerprint density at radius 3 is 2.93 bits per heavy atom. The van der Waals surface area contributed by atoms with Crippen molar-refractivity contribution in [2.75, 3.05) is 20.1 Å². The fourth-order valence-corrected chi connectivity index (χ4v) is 2.38. The minimum atomic E-state index is -0.375. The molecule has 1 aliphatic heterocycles. The summed E-state index contributed by atoms with van der Waals surface area (Å²) < 4.78 is 1.76. The Bertz CT molecular complexity index is 323. The number of aryl methyl sites for hydroxylation is 1. The Hall–Kier alpha value is -0.870. The lowest BCUT2D eigenvalue weighted by molar-refractivity contribution is 0.0536. The number of rotatable bonds is 2. The quantitative estimate of drug-likeness (QED) is 0.783. The number of aromatic nitrogens is 2. The summed E-state index contributed by atoms with van der Waals surface area (Å²) in [7, 11) is 3.99. The maximum Gasteiger partial charge on any atom is 0.0996 e. The summed E-state index contributed by atoms with van der Waals surface area (Å²) in [6.45, 7) is 2.13. The van der Waals surface area contributed by atoms with Gasteiger partial charge in [-0.15, -0.1) is 0 Å². The molecule has 0 amide bonds. The van der Waals surface area contributed by atoms with Crippen LogP contribution in [0.1, 0.15) is 24.6 Å². The standard InChI is InChI=1S/C11H19N3O/c1-13-7-3-4-9(8-13)11(15)10-5-6-12-14(10)2/h5-6,9,11,15H,3-4,7-8H2,1-2H3/t9-,11-/m0/s1. The second-order valence-corrected chi connectivity index (χ2v) is 4.49. The number of piperidine rings is 1. The smallest absolute Gasteiger partial charge is 0.0996 e. The van der Waals surface area contributed by atoms with Gasteiger partial charge in [0.05, 0.1) is 11.8 Å². The van der Waals surface area contributed by atoms with Gasteiger partial charge < -0.3 is 10.0 Å². The first-order valence-electron chi connectivity index (χ1n) is 5.53. The van der Waals surface area contributed by atoms with Gasteiger partial charge in [0.25, 0.3) is 0 Å².